The van der Waals surface area contributed by atoms with Crippen LogP contribution in [0.2, 0.25) is 5.02 Å². The molecule has 146 valence electrons. The van der Waals surface area contributed by atoms with Crippen molar-refractivity contribution in [3.05, 3.63) is 47.0 Å². The summed E-state index contributed by atoms with van der Waals surface area (Å²) >= 11 is 6.35. The van der Waals surface area contributed by atoms with Crippen LogP contribution in [-0.4, -0.2) is 28.8 Å². The summed E-state index contributed by atoms with van der Waals surface area (Å²) in [5, 5.41) is 4.71. The Morgan fingerprint density at radius 1 is 1.14 bits per heavy atom. The molecule has 0 saturated carbocycles. The highest BCUT2D eigenvalue weighted by Crippen LogP contribution is 2.37. The minimum Gasteiger partial charge on any atom is -0.489 e. The molecule has 0 spiro atoms. The molecular formula is C22H24ClN3O2. The Morgan fingerprint density at radius 2 is 1.96 bits per heavy atom. The Kier molecular flexibility index (Phi) is 5.02. The summed E-state index contributed by atoms with van der Waals surface area (Å²) < 4.78 is 11.3. The highest BCUT2D eigenvalue weighted by atomic mass is 35.5. The van der Waals surface area contributed by atoms with Crippen molar-refractivity contribution in [2.75, 3.05) is 11.4 Å². The van der Waals surface area contributed by atoms with Crippen LogP contribution >= 0.6 is 11.6 Å². The Labute approximate surface area is 170 Å². The summed E-state index contributed by atoms with van der Waals surface area (Å²) in [5.74, 6) is 1.71. The van der Waals surface area contributed by atoms with Crippen molar-refractivity contribution in [1.82, 2.24) is 10.1 Å². The molecule has 0 fully saturated rings. The van der Waals surface area contributed by atoms with Crippen LogP contribution in [0.15, 0.2) is 40.9 Å². The van der Waals surface area contributed by atoms with Gasteiger partial charge in [0.25, 0.3) is 5.89 Å². The summed E-state index contributed by atoms with van der Waals surface area (Å²) in [7, 11) is 0. The highest BCUT2D eigenvalue weighted by Gasteiger charge is 2.26. The third kappa shape index (κ3) is 3.47. The molecule has 0 atom stereocenters. The fourth-order valence-electron chi connectivity index (χ4n) is 3.64. The second kappa shape index (κ2) is 7.47. The smallest absolute Gasteiger partial charge is 0.258 e. The second-order valence-electron chi connectivity index (χ2n) is 7.58. The number of hydrogen-bond donors (Lipinski definition) is 0. The monoisotopic (exact) mass is 397 g/mol. The van der Waals surface area contributed by atoms with Gasteiger partial charge in [0.1, 0.15) is 5.75 Å². The summed E-state index contributed by atoms with van der Waals surface area (Å²) in [4.78, 5) is 7.04. The van der Waals surface area contributed by atoms with Crippen molar-refractivity contribution in [2.45, 2.75) is 46.3 Å². The van der Waals surface area contributed by atoms with E-state index in [0.717, 1.165) is 24.1 Å². The van der Waals surface area contributed by atoms with E-state index in [1.165, 1.54) is 11.3 Å². The summed E-state index contributed by atoms with van der Waals surface area (Å²) in [6, 6.07) is 12.3. The van der Waals surface area contributed by atoms with Crippen LogP contribution in [0, 0.1) is 0 Å². The quantitative estimate of drug-likeness (QED) is 0.559. The van der Waals surface area contributed by atoms with Crippen LogP contribution < -0.4 is 9.64 Å². The van der Waals surface area contributed by atoms with Gasteiger partial charge in [-0.2, -0.15) is 4.98 Å². The second-order valence-corrected chi connectivity index (χ2v) is 7.98. The van der Waals surface area contributed by atoms with Gasteiger partial charge in [0.05, 0.1) is 11.1 Å². The fraction of sp³-hybridized carbons (Fsp3) is 0.364. The van der Waals surface area contributed by atoms with Crippen LogP contribution in [0.5, 0.6) is 5.75 Å². The third-order valence-electron chi connectivity index (χ3n) is 4.90. The van der Waals surface area contributed by atoms with Crippen LogP contribution in [0.25, 0.3) is 22.8 Å². The summed E-state index contributed by atoms with van der Waals surface area (Å²) in [5.41, 5.74) is 4.33. The van der Waals surface area contributed by atoms with Crippen LogP contribution in [-0.2, 0) is 6.42 Å². The average molecular weight is 398 g/mol. The van der Waals surface area contributed by atoms with Crippen molar-refractivity contribution in [1.29, 1.82) is 0 Å². The van der Waals surface area contributed by atoms with E-state index in [-0.39, 0.29) is 6.10 Å². The molecule has 5 nitrogen and oxygen atoms in total. The molecule has 0 N–H and O–H groups in total. The number of hydrogen-bond acceptors (Lipinski definition) is 5. The first-order valence-corrected chi connectivity index (χ1v) is 10.0. The fourth-order valence-corrected chi connectivity index (χ4v) is 3.86. The lowest BCUT2D eigenvalue weighted by Gasteiger charge is -2.23. The molecule has 4 rings (SSSR count). The van der Waals surface area contributed by atoms with Gasteiger partial charge in [-0.25, -0.2) is 0 Å². The van der Waals surface area contributed by atoms with Crippen molar-refractivity contribution in [3.63, 3.8) is 0 Å². The minimum absolute atomic E-state index is 0.0608. The molecule has 28 heavy (non-hydrogen) atoms. The molecule has 1 aliphatic rings. The lowest BCUT2D eigenvalue weighted by molar-refractivity contribution is 0.242. The zero-order valence-corrected chi connectivity index (χ0v) is 17.3. The van der Waals surface area contributed by atoms with Gasteiger partial charge in [-0.3, -0.25) is 0 Å². The van der Waals surface area contributed by atoms with E-state index >= 15 is 0 Å². The minimum atomic E-state index is 0.0608. The summed E-state index contributed by atoms with van der Waals surface area (Å²) in [6.07, 6.45) is 1.04. The third-order valence-corrected chi connectivity index (χ3v) is 5.19. The van der Waals surface area contributed by atoms with Crippen molar-refractivity contribution in [2.24, 2.45) is 0 Å². The van der Waals surface area contributed by atoms with Gasteiger partial charge in [0.2, 0.25) is 5.82 Å². The number of anilines is 1. The number of benzene rings is 2. The molecular weight excluding hydrogens is 374 g/mol. The molecule has 3 aromatic rings. The number of halogens is 1. The Hall–Kier alpha value is -2.53. The lowest BCUT2D eigenvalue weighted by Crippen LogP contribution is -2.28. The Balaban J connectivity index is 1.65. The SMILES string of the molecule is CC(C)Oc1ccc(-c2noc(-c3cccc4c3CCN4C(C)C)n2)cc1Cl. The number of aromatic nitrogens is 2. The maximum atomic E-state index is 6.35. The molecule has 0 amide bonds. The largest absolute Gasteiger partial charge is 0.489 e. The van der Waals surface area contributed by atoms with E-state index in [4.69, 9.17) is 20.9 Å². The molecule has 1 aliphatic heterocycles. The molecule has 2 heterocycles. The van der Waals surface area contributed by atoms with Crippen LogP contribution in [0.4, 0.5) is 5.69 Å². The molecule has 6 heteroatoms. The average Bonchev–Trinajstić information content (AvgIpc) is 3.29. The molecule has 1 aromatic heterocycles. The van der Waals surface area contributed by atoms with Gasteiger partial charge in [0.15, 0.2) is 0 Å². The van der Waals surface area contributed by atoms with Crippen molar-refractivity contribution < 1.29 is 9.26 Å². The van der Waals surface area contributed by atoms with Gasteiger partial charge in [0, 0.05) is 29.4 Å². The van der Waals surface area contributed by atoms with Crippen LogP contribution in [0.3, 0.4) is 0 Å². The Bertz CT molecular complexity index is 997. The first-order valence-electron chi connectivity index (χ1n) is 9.63. The molecule has 2 aromatic carbocycles. The zero-order chi connectivity index (χ0) is 19.8. The first-order chi connectivity index (χ1) is 13.4. The first kappa shape index (κ1) is 18.8. The molecule has 0 radical (unpaired) electrons. The predicted octanol–water partition coefficient (Wildman–Crippen LogP) is 5.62. The van der Waals surface area contributed by atoms with E-state index in [1.54, 1.807) is 0 Å². The van der Waals surface area contributed by atoms with E-state index in [2.05, 4.69) is 35.0 Å². The molecule has 0 unspecified atom stereocenters. The molecule has 0 saturated heterocycles. The van der Waals surface area contributed by atoms with E-state index in [9.17, 15) is 0 Å². The standard InChI is InChI=1S/C22H24ClN3O2/c1-13(2)26-11-10-16-17(6-5-7-19(16)26)22-24-21(25-28-22)15-8-9-20(18(23)12-15)27-14(3)4/h5-9,12-14H,10-11H2,1-4H3. The Morgan fingerprint density at radius 3 is 2.68 bits per heavy atom. The maximum Gasteiger partial charge on any atom is 0.258 e. The number of fused-ring (bicyclic) bond motifs is 1. The van der Waals surface area contributed by atoms with Gasteiger partial charge in [-0.1, -0.05) is 22.8 Å². The topological polar surface area (TPSA) is 51.4 Å². The molecule has 0 aliphatic carbocycles. The van der Waals surface area contributed by atoms with Gasteiger partial charge in [-0.15, -0.1) is 0 Å². The van der Waals surface area contributed by atoms with Gasteiger partial charge < -0.3 is 14.2 Å². The summed E-state index contributed by atoms with van der Waals surface area (Å²) in [6.45, 7) is 9.37. The number of rotatable bonds is 5. The van der Waals surface area contributed by atoms with Crippen molar-refractivity contribution >= 4 is 17.3 Å². The highest BCUT2D eigenvalue weighted by molar-refractivity contribution is 6.32. The zero-order valence-electron chi connectivity index (χ0n) is 16.6. The normalized spacial score (nSPS) is 13.5. The number of ether oxygens (including phenoxy) is 1. The molecule has 0 bridgehead atoms. The lowest BCUT2D eigenvalue weighted by atomic mass is 10.0. The van der Waals surface area contributed by atoms with Gasteiger partial charge >= 0.3 is 0 Å². The van der Waals surface area contributed by atoms with E-state index < -0.39 is 0 Å². The van der Waals surface area contributed by atoms with Crippen LogP contribution in [0.1, 0.15) is 33.3 Å². The van der Waals surface area contributed by atoms with Gasteiger partial charge in [-0.05, 0) is 70.0 Å². The maximum absolute atomic E-state index is 6.35. The predicted molar refractivity (Wildman–Crippen MR) is 112 cm³/mol. The van der Waals surface area contributed by atoms with E-state index in [0.29, 0.717) is 28.5 Å². The van der Waals surface area contributed by atoms with Crippen molar-refractivity contribution in [3.8, 4) is 28.6 Å². The number of nitrogens with zero attached hydrogens (tertiary/aromatic N) is 3. The van der Waals surface area contributed by atoms with E-state index in [1.807, 2.05) is 44.2 Å².